The predicted octanol–water partition coefficient (Wildman–Crippen LogP) is 3.45. The summed E-state index contributed by atoms with van der Waals surface area (Å²) < 4.78 is 10.2. The molecule has 0 atom stereocenters. The number of imide groups is 1. The van der Waals surface area contributed by atoms with Crippen molar-refractivity contribution >= 4 is 29.7 Å². The molecule has 0 spiro atoms. The minimum absolute atomic E-state index is 0.182. The lowest BCUT2D eigenvalue weighted by molar-refractivity contribution is -0.385. The zero-order chi connectivity index (χ0) is 23.5. The Kier molecular flexibility index (Phi) is 5.64. The molecule has 3 aromatic rings. The summed E-state index contributed by atoms with van der Waals surface area (Å²) in [4.78, 5) is 47.9. The molecule has 0 unspecified atom stereocenters. The highest BCUT2D eigenvalue weighted by molar-refractivity contribution is 6.21. The van der Waals surface area contributed by atoms with E-state index >= 15 is 0 Å². The minimum Gasteiger partial charge on any atom is -0.497 e. The molecule has 1 aliphatic rings. The van der Waals surface area contributed by atoms with Crippen LogP contribution < -0.4 is 9.47 Å². The van der Waals surface area contributed by atoms with Gasteiger partial charge in [0.25, 0.3) is 11.8 Å². The van der Waals surface area contributed by atoms with Gasteiger partial charge in [0.2, 0.25) is 5.75 Å². The van der Waals surface area contributed by atoms with Crippen LogP contribution in [0.15, 0.2) is 71.8 Å². The first-order valence-electron chi connectivity index (χ1n) is 9.55. The third-order valence-electron chi connectivity index (χ3n) is 4.80. The second-order valence-corrected chi connectivity index (χ2v) is 6.81. The fraction of sp³-hybridized carbons (Fsp3) is 0.0435. The van der Waals surface area contributed by atoms with E-state index in [1.54, 1.807) is 24.3 Å². The number of carbonyl (C=O) groups is 3. The van der Waals surface area contributed by atoms with Crippen LogP contribution in [0, 0.1) is 10.1 Å². The van der Waals surface area contributed by atoms with Crippen molar-refractivity contribution in [2.45, 2.75) is 0 Å². The number of benzene rings is 3. The van der Waals surface area contributed by atoms with E-state index in [4.69, 9.17) is 9.47 Å². The second kappa shape index (κ2) is 8.71. The van der Waals surface area contributed by atoms with Crippen LogP contribution in [0.25, 0.3) is 0 Å². The van der Waals surface area contributed by atoms with E-state index in [2.05, 4.69) is 5.10 Å². The molecule has 33 heavy (non-hydrogen) atoms. The summed E-state index contributed by atoms with van der Waals surface area (Å²) in [6.45, 7) is 0. The number of amides is 2. The molecule has 1 heterocycles. The van der Waals surface area contributed by atoms with Crippen molar-refractivity contribution < 1.29 is 28.8 Å². The van der Waals surface area contributed by atoms with Crippen LogP contribution in [-0.4, -0.2) is 41.0 Å². The first-order chi connectivity index (χ1) is 15.9. The summed E-state index contributed by atoms with van der Waals surface area (Å²) in [5.41, 5.74) is 0.380. The van der Waals surface area contributed by atoms with E-state index in [-0.39, 0.29) is 28.0 Å². The minimum atomic E-state index is -0.784. The van der Waals surface area contributed by atoms with Crippen molar-refractivity contribution in [3.05, 3.63) is 99.1 Å². The number of carbonyl (C=O) groups excluding carboxylic acids is 3. The first-order valence-corrected chi connectivity index (χ1v) is 9.55. The summed E-state index contributed by atoms with van der Waals surface area (Å²) in [6.07, 6.45) is 1.14. The molecule has 1 aliphatic heterocycles. The lowest BCUT2D eigenvalue weighted by Crippen LogP contribution is -2.24. The van der Waals surface area contributed by atoms with Crippen molar-refractivity contribution in [1.82, 2.24) is 5.01 Å². The molecule has 2 amide bonds. The van der Waals surface area contributed by atoms with Crippen LogP contribution in [0.4, 0.5) is 5.69 Å². The van der Waals surface area contributed by atoms with Gasteiger partial charge in [-0.25, -0.2) is 4.79 Å². The standard InChI is InChI=1S/C23H15N3O7/c1-32-16-9-7-15(8-10-16)23(29)33-20-11-6-14(12-19(20)26(30)31)13-24-25-21(27)17-4-2-3-5-18(17)22(25)28/h2-13H,1H3/b24-13-. The van der Waals surface area contributed by atoms with Gasteiger partial charge in [-0.3, -0.25) is 19.7 Å². The summed E-state index contributed by atoms with van der Waals surface area (Å²) >= 11 is 0. The van der Waals surface area contributed by atoms with Crippen molar-refractivity contribution in [2.75, 3.05) is 7.11 Å². The Hall–Kier alpha value is -4.86. The number of methoxy groups -OCH3 is 1. The van der Waals surface area contributed by atoms with Crippen LogP contribution in [0.3, 0.4) is 0 Å². The number of nitro benzene ring substituents is 1. The third kappa shape index (κ3) is 4.17. The van der Waals surface area contributed by atoms with Crippen LogP contribution in [0.2, 0.25) is 0 Å². The molecular formula is C23H15N3O7. The van der Waals surface area contributed by atoms with Gasteiger partial charge in [-0.05, 0) is 48.5 Å². The molecule has 0 aromatic heterocycles. The van der Waals surface area contributed by atoms with Crippen molar-refractivity contribution in [3.8, 4) is 11.5 Å². The van der Waals surface area contributed by atoms with Crippen molar-refractivity contribution in [2.24, 2.45) is 5.10 Å². The predicted molar refractivity (Wildman–Crippen MR) is 116 cm³/mol. The van der Waals surface area contributed by atoms with Crippen molar-refractivity contribution in [3.63, 3.8) is 0 Å². The smallest absolute Gasteiger partial charge is 0.343 e. The highest BCUT2D eigenvalue weighted by Crippen LogP contribution is 2.29. The second-order valence-electron chi connectivity index (χ2n) is 6.81. The molecule has 0 aliphatic carbocycles. The highest BCUT2D eigenvalue weighted by atomic mass is 16.6. The highest BCUT2D eigenvalue weighted by Gasteiger charge is 2.35. The molecular weight excluding hydrogens is 430 g/mol. The monoisotopic (exact) mass is 445 g/mol. The van der Waals surface area contributed by atoms with Crippen LogP contribution in [0.1, 0.15) is 36.6 Å². The van der Waals surface area contributed by atoms with Crippen LogP contribution in [-0.2, 0) is 0 Å². The van der Waals surface area contributed by atoms with E-state index in [0.717, 1.165) is 12.3 Å². The van der Waals surface area contributed by atoms with E-state index in [0.29, 0.717) is 10.8 Å². The number of nitro groups is 1. The quantitative estimate of drug-likeness (QED) is 0.142. The fourth-order valence-corrected chi connectivity index (χ4v) is 3.14. The van der Waals surface area contributed by atoms with E-state index in [1.807, 2.05) is 0 Å². The molecule has 10 nitrogen and oxygen atoms in total. The Morgan fingerprint density at radius 2 is 1.64 bits per heavy atom. The van der Waals surface area contributed by atoms with Gasteiger partial charge in [-0.15, -0.1) is 0 Å². The fourth-order valence-electron chi connectivity index (χ4n) is 3.14. The van der Waals surface area contributed by atoms with Crippen LogP contribution >= 0.6 is 0 Å². The number of nitrogens with zero attached hydrogens (tertiary/aromatic N) is 3. The van der Waals surface area contributed by atoms with E-state index in [1.165, 1.54) is 43.5 Å². The summed E-state index contributed by atoms with van der Waals surface area (Å²) in [6, 6.07) is 16.1. The molecule has 4 rings (SSSR count). The largest absolute Gasteiger partial charge is 0.497 e. The molecule has 0 saturated carbocycles. The van der Waals surface area contributed by atoms with Crippen molar-refractivity contribution in [1.29, 1.82) is 0 Å². The third-order valence-corrected chi connectivity index (χ3v) is 4.80. The average molecular weight is 445 g/mol. The molecule has 0 fully saturated rings. The number of hydrogen-bond acceptors (Lipinski definition) is 8. The van der Waals surface area contributed by atoms with E-state index < -0.39 is 28.4 Å². The van der Waals surface area contributed by atoms with Gasteiger partial charge in [0.05, 0.1) is 34.9 Å². The van der Waals surface area contributed by atoms with E-state index in [9.17, 15) is 24.5 Å². The Labute approximate surface area is 186 Å². The molecule has 0 radical (unpaired) electrons. The lowest BCUT2D eigenvalue weighted by Gasteiger charge is -2.07. The normalized spacial score (nSPS) is 12.7. The number of ether oxygens (including phenoxy) is 2. The lowest BCUT2D eigenvalue weighted by atomic mass is 10.1. The Balaban J connectivity index is 1.55. The Morgan fingerprint density at radius 3 is 2.21 bits per heavy atom. The Morgan fingerprint density at radius 1 is 1.00 bits per heavy atom. The number of esters is 1. The van der Waals surface area contributed by atoms with Gasteiger partial charge >= 0.3 is 11.7 Å². The molecule has 10 heteroatoms. The van der Waals surface area contributed by atoms with Gasteiger partial charge in [-0.1, -0.05) is 12.1 Å². The summed E-state index contributed by atoms with van der Waals surface area (Å²) in [7, 11) is 1.48. The Bertz CT molecular complexity index is 1280. The first kappa shape index (κ1) is 21.4. The maximum Gasteiger partial charge on any atom is 0.343 e. The number of hydrazone groups is 1. The van der Waals surface area contributed by atoms with Gasteiger partial charge in [0.15, 0.2) is 0 Å². The number of fused-ring (bicyclic) bond motifs is 1. The molecule has 0 N–H and O–H groups in total. The SMILES string of the molecule is COc1ccc(C(=O)Oc2ccc(/C=N\N3C(=O)c4ccccc4C3=O)cc2[N+](=O)[O-])cc1. The zero-order valence-electron chi connectivity index (χ0n) is 17.1. The molecule has 0 saturated heterocycles. The molecule has 0 bridgehead atoms. The van der Waals surface area contributed by atoms with Gasteiger partial charge in [-0.2, -0.15) is 10.1 Å². The van der Waals surface area contributed by atoms with Gasteiger partial charge in [0, 0.05) is 11.6 Å². The van der Waals surface area contributed by atoms with Crippen LogP contribution in [0.5, 0.6) is 11.5 Å². The molecule has 3 aromatic carbocycles. The summed E-state index contributed by atoms with van der Waals surface area (Å²) in [5, 5.41) is 16.1. The van der Waals surface area contributed by atoms with Gasteiger partial charge < -0.3 is 9.47 Å². The number of hydrogen-bond donors (Lipinski definition) is 0. The topological polar surface area (TPSA) is 128 Å². The summed E-state index contributed by atoms with van der Waals surface area (Å²) in [5.74, 6) is -1.69. The van der Waals surface area contributed by atoms with Gasteiger partial charge in [0.1, 0.15) is 5.75 Å². The average Bonchev–Trinajstić information content (AvgIpc) is 3.08. The maximum absolute atomic E-state index is 12.4. The maximum atomic E-state index is 12.4. The molecule has 164 valence electrons. The number of rotatable bonds is 6. The zero-order valence-corrected chi connectivity index (χ0v) is 17.1.